The van der Waals surface area contributed by atoms with Crippen molar-refractivity contribution in [2.75, 3.05) is 23.0 Å². The maximum absolute atomic E-state index is 4.92. The molecule has 4 rings (SSSR count). The van der Waals surface area contributed by atoms with Crippen LogP contribution in [0.3, 0.4) is 0 Å². The molecule has 0 aliphatic carbocycles. The predicted octanol–water partition coefficient (Wildman–Crippen LogP) is 5.00. The van der Waals surface area contributed by atoms with E-state index in [0.29, 0.717) is 0 Å². The molecule has 118 valence electrons. The molecule has 1 aliphatic rings. The second-order valence-corrected chi connectivity index (χ2v) is 8.97. The lowest BCUT2D eigenvalue weighted by Gasteiger charge is -2.07. The van der Waals surface area contributed by atoms with E-state index in [1.165, 1.54) is 33.8 Å². The molecule has 0 unspecified atom stereocenters. The molecular weight excluding hydrogens is 340 g/mol. The van der Waals surface area contributed by atoms with E-state index in [4.69, 9.17) is 9.97 Å². The maximum atomic E-state index is 4.92. The molecule has 2 nitrogen and oxygen atoms in total. The molecule has 4 bridgehead atoms. The van der Waals surface area contributed by atoms with Crippen molar-refractivity contribution in [1.29, 1.82) is 0 Å². The quantitative estimate of drug-likeness (QED) is 0.527. The van der Waals surface area contributed by atoms with Crippen LogP contribution >= 0.6 is 35.3 Å². The van der Waals surface area contributed by atoms with E-state index in [0.717, 1.165) is 33.9 Å². The Morgan fingerprint density at radius 3 is 1.52 bits per heavy atom. The highest BCUT2D eigenvalue weighted by Crippen LogP contribution is 2.25. The molecule has 23 heavy (non-hydrogen) atoms. The fraction of sp³-hybridized carbons (Fsp3) is 0.333. The highest BCUT2D eigenvalue weighted by molar-refractivity contribution is 8.04. The third-order valence-corrected chi connectivity index (χ3v) is 7.37. The van der Waals surface area contributed by atoms with Crippen molar-refractivity contribution < 1.29 is 0 Å². The van der Waals surface area contributed by atoms with Crippen molar-refractivity contribution in [3.8, 4) is 0 Å². The Labute approximate surface area is 149 Å². The largest absolute Gasteiger partial charge is 0.250 e. The first-order valence-corrected chi connectivity index (χ1v) is 11.3. The Morgan fingerprint density at radius 1 is 0.565 bits per heavy atom. The molecule has 0 fully saturated rings. The fourth-order valence-electron chi connectivity index (χ4n) is 2.70. The van der Waals surface area contributed by atoms with Crippen LogP contribution in [0.5, 0.6) is 0 Å². The van der Waals surface area contributed by atoms with Crippen LogP contribution in [0.15, 0.2) is 36.4 Å². The lowest BCUT2D eigenvalue weighted by atomic mass is 10.1. The molecule has 3 heterocycles. The molecule has 1 aliphatic heterocycles. The monoisotopic (exact) mass is 358 g/mol. The van der Waals surface area contributed by atoms with Gasteiger partial charge in [-0.05, 0) is 12.1 Å². The first-order chi connectivity index (χ1) is 11.4. The minimum Gasteiger partial charge on any atom is -0.250 e. The Hall–Kier alpha value is -0.910. The van der Waals surface area contributed by atoms with Crippen LogP contribution in [0.1, 0.15) is 11.4 Å². The smallest absolute Gasteiger partial charge is 0.0968 e. The average Bonchev–Trinajstić information content (AvgIpc) is 2.60. The molecule has 5 heteroatoms. The van der Waals surface area contributed by atoms with Crippen LogP contribution in [0.4, 0.5) is 0 Å². The average molecular weight is 359 g/mol. The van der Waals surface area contributed by atoms with Gasteiger partial charge in [0.15, 0.2) is 0 Å². The first-order valence-electron chi connectivity index (χ1n) is 7.82. The highest BCUT2D eigenvalue weighted by atomic mass is 32.2. The van der Waals surface area contributed by atoms with Gasteiger partial charge in [-0.2, -0.15) is 35.3 Å². The fourth-order valence-corrected chi connectivity index (χ4v) is 5.82. The van der Waals surface area contributed by atoms with Crippen molar-refractivity contribution in [2.45, 2.75) is 11.5 Å². The number of thioether (sulfide) groups is 3. The van der Waals surface area contributed by atoms with Crippen LogP contribution in [-0.2, 0) is 11.5 Å². The number of pyridine rings is 2. The van der Waals surface area contributed by atoms with E-state index in [9.17, 15) is 0 Å². The van der Waals surface area contributed by atoms with Gasteiger partial charge in [0.25, 0.3) is 0 Å². The number of fused-ring (bicyclic) bond motifs is 2. The molecule has 2 aromatic heterocycles. The van der Waals surface area contributed by atoms with Crippen LogP contribution < -0.4 is 0 Å². The predicted molar refractivity (Wildman–Crippen MR) is 107 cm³/mol. The maximum Gasteiger partial charge on any atom is 0.0968 e. The zero-order valence-electron chi connectivity index (χ0n) is 12.8. The number of rotatable bonds is 0. The Morgan fingerprint density at radius 2 is 1.00 bits per heavy atom. The summed E-state index contributed by atoms with van der Waals surface area (Å²) in [5.41, 5.74) is 4.43. The summed E-state index contributed by atoms with van der Waals surface area (Å²) in [6, 6.07) is 13.0. The number of nitrogens with zero attached hydrogens (tertiary/aromatic N) is 2. The Bertz CT molecular complexity index is 766. The molecule has 0 spiro atoms. The van der Waals surface area contributed by atoms with Gasteiger partial charge in [0, 0.05) is 45.3 Å². The van der Waals surface area contributed by atoms with Gasteiger partial charge in [-0.15, -0.1) is 0 Å². The third kappa shape index (κ3) is 3.62. The van der Waals surface area contributed by atoms with E-state index in [1.54, 1.807) is 0 Å². The van der Waals surface area contributed by atoms with Crippen LogP contribution in [-0.4, -0.2) is 33.0 Å². The molecule has 0 N–H and O–H groups in total. The molecule has 0 saturated carbocycles. The molecular formula is C18H18N2S3. The van der Waals surface area contributed by atoms with Gasteiger partial charge in [0.05, 0.1) is 22.4 Å². The van der Waals surface area contributed by atoms with Crippen LogP contribution in [0, 0.1) is 0 Å². The van der Waals surface area contributed by atoms with Gasteiger partial charge in [0.1, 0.15) is 0 Å². The molecule has 3 aromatic rings. The molecule has 1 aromatic carbocycles. The van der Waals surface area contributed by atoms with E-state index in [-0.39, 0.29) is 0 Å². The normalized spacial score (nSPS) is 16.9. The van der Waals surface area contributed by atoms with Gasteiger partial charge in [0.2, 0.25) is 0 Å². The van der Waals surface area contributed by atoms with Gasteiger partial charge in [-0.3, -0.25) is 0 Å². The summed E-state index contributed by atoms with van der Waals surface area (Å²) in [7, 11) is 0. The Balaban J connectivity index is 1.82. The van der Waals surface area contributed by atoms with Crippen molar-refractivity contribution >= 4 is 57.1 Å². The van der Waals surface area contributed by atoms with E-state index < -0.39 is 0 Å². The van der Waals surface area contributed by atoms with E-state index in [2.05, 4.69) is 48.2 Å². The first kappa shape index (κ1) is 15.6. The molecule has 0 radical (unpaired) electrons. The summed E-state index contributed by atoms with van der Waals surface area (Å²) >= 11 is 6.02. The second kappa shape index (κ2) is 7.32. The van der Waals surface area contributed by atoms with Crippen molar-refractivity contribution in [3.63, 3.8) is 0 Å². The summed E-state index contributed by atoms with van der Waals surface area (Å²) in [5.74, 6) is 6.84. The zero-order chi connectivity index (χ0) is 15.5. The summed E-state index contributed by atoms with van der Waals surface area (Å²) in [6.45, 7) is 0. The lowest BCUT2D eigenvalue weighted by molar-refractivity contribution is 1.20. The van der Waals surface area contributed by atoms with Gasteiger partial charge in [-0.1, -0.05) is 24.3 Å². The van der Waals surface area contributed by atoms with Crippen molar-refractivity contribution in [1.82, 2.24) is 9.97 Å². The summed E-state index contributed by atoms with van der Waals surface area (Å²) in [6.07, 6.45) is 0. The Kier molecular flexibility index (Phi) is 4.97. The number of benzene rings is 1. The lowest BCUT2D eigenvalue weighted by Crippen LogP contribution is -1.94. The standard InChI is InChI=1S/C18H18N2S3/c1-2-14-4-6-16-12-23-10-8-21-7-9-22-11-15-5-3-13(1)17(19-15)18(14)20-16/h1-6H,7-12H2. The summed E-state index contributed by atoms with van der Waals surface area (Å²) < 4.78 is 0. The molecule has 0 atom stereocenters. The number of hydrogen-bond donors (Lipinski definition) is 0. The van der Waals surface area contributed by atoms with Crippen LogP contribution in [0.2, 0.25) is 0 Å². The molecule has 0 saturated heterocycles. The van der Waals surface area contributed by atoms with Gasteiger partial charge in [-0.25, -0.2) is 9.97 Å². The minimum atomic E-state index is 0.987. The van der Waals surface area contributed by atoms with Crippen LogP contribution in [0.25, 0.3) is 21.8 Å². The van der Waals surface area contributed by atoms with E-state index in [1.807, 2.05) is 23.5 Å². The number of hydrogen-bond acceptors (Lipinski definition) is 5. The summed E-state index contributed by atoms with van der Waals surface area (Å²) in [5, 5.41) is 2.37. The highest BCUT2D eigenvalue weighted by Gasteiger charge is 2.07. The third-order valence-electron chi connectivity index (χ3n) is 3.88. The minimum absolute atomic E-state index is 0.987. The topological polar surface area (TPSA) is 25.8 Å². The van der Waals surface area contributed by atoms with Gasteiger partial charge >= 0.3 is 0 Å². The van der Waals surface area contributed by atoms with Gasteiger partial charge < -0.3 is 0 Å². The zero-order valence-corrected chi connectivity index (χ0v) is 15.3. The second-order valence-electron chi connectivity index (χ2n) is 5.53. The summed E-state index contributed by atoms with van der Waals surface area (Å²) in [4.78, 5) is 9.84. The van der Waals surface area contributed by atoms with Crippen molar-refractivity contribution in [3.05, 3.63) is 47.8 Å². The van der Waals surface area contributed by atoms with Crippen molar-refractivity contribution in [2.24, 2.45) is 0 Å². The number of aromatic nitrogens is 2. The van der Waals surface area contributed by atoms with E-state index >= 15 is 0 Å². The molecule has 0 amide bonds. The SMILES string of the molecule is c1cc2ccc3ccc4nc3c2nc1CSCCSCCSC4.